The topological polar surface area (TPSA) is 130 Å². The number of likely N-dealkylation sites (tertiary alicyclic amines) is 1. The molecule has 3 N–H and O–H groups in total. The zero-order chi connectivity index (χ0) is 35.2. The second-order valence-electron chi connectivity index (χ2n) is 12.8. The number of aryl methyl sites for hydroxylation is 1. The van der Waals surface area contributed by atoms with E-state index in [0.717, 1.165) is 50.8 Å². The summed E-state index contributed by atoms with van der Waals surface area (Å²) >= 11 is 0. The van der Waals surface area contributed by atoms with Gasteiger partial charge in [0, 0.05) is 38.8 Å². The number of nitrogens with one attached hydrogen (secondary N) is 1. The molecule has 1 saturated heterocycles. The van der Waals surface area contributed by atoms with Crippen LogP contribution in [0.1, 0.15) is 66.4 Å². The number of ether oxygens (including phenoxy) is 2. The van der Waals surface area contributed by atoms with Crippen molar-refractivity contribution in [3.8, 4) is 11.5 Å². The SMILES string of the molecule is Cc1ccc(N(C)C(=O)Cc2ccc(NC(=O)c3ccccc3OCCCN)nc2)c(OCCCCCC(=O)N2CCC(N(C)C)CC2)c1. The molecule has 0 radical (unpaired) electrons. The minimum absolute atomic E-state index is 0.121. The summed E-state index contributed by atoms with van der Waals surface area (Å²) in [5.74, 6) is 1.30. The number of hydrogen-bond acceptors (Lipinski definition) is 8. The van der Waals surface area contributed by atoms with E-state index in [1.807, 2.05) is 36.1 Å². The lowest BCUT2D eigenvalue weighted by Gasteiger charge is -2.35. The summed E-state index contributed by atoms with van der Waals surface area (Å²) in [7, 11) is 5.95. The molecule has 2 aromatic carbocycles. The molecular formula is C38H52N6O5. The molecule has 11 nitrogen and oxygen atoms in total. The summed E-state index contributed by atoms with van der Waals surface area (Å²) in [6, 6.07) is 16.8. The summed E-state index contributed by atoms with van der Waals surface area (Å²) in [6.45, 7) is 5.11. The second kappa shape index (κ2) is 18.9. The molecule has 49 heavy (non-hydrogen) atoms. The average molecular weight is 673 g/mol. The van der Waals surface area contributed by atoms with Gasteiger partial charge in [0.05, 0.1) is 30.9 Å². The Kier molecular flexibility index (Phi) is 14.4. The average Bonchev–Trinajstić information content (AvgIpc) is 3.10. The maximum absolute atomic E-state index is 13.3. The van der Waals surface area contributed by atoms with Crippen LogP contribution in [-0.4, -0.2) is 92.5 Å². The summed E-state index contributed by atoms with van der Waals surface area (Å²) in [6.07, 6.45) is 7.60. The first-order valence-corrected chi connectivity index (χ1v) is 17.3. The Morgan fingerprint density at radius 1 is 0.918 bits per heavy atom. The molecule has 1 aliphatic rings. The zero-order valence-corrected chi connectivity index (χ0v) is 29.5. The number of pyridine rings is 1. The van der Waals surface area contributed by atoms with Gasteiger partial charge in [0.25, 0.3) is 5.91 Å². The van der Waals surface area contributed by atoms with Crippen molar-refractivity contribution in [2.24, 2.45) is 5.73 Å². The highest BCUT2D eigenvalue weighted by molar-refractivity contribution is 6.05. The van der Waals surface area contributed by atoms with Gasteiger partial charge in [-0.25, -0.2) is 4.98 Å². The van der Waals surface area contributed by atoms with Gasteiger partial charge in [-0.1, -0.05) is 24.3 Å². The number of unbranched alkanes of at least 4 members (excludes halogenated alkanes) is 2. The van der Waals surface area contributed by atoms with Crippen LogP contribution in [-0.2, 0) is 16.0 Å². The molecule has 3 amide bonds. The van der Waals surface area contributed by atoms with E-state index in [1.165, 1.54) is 0 Å². The number of likely N-dealkylation sites (N-methyl/N-ethyl adjacent to an activating group) is 1. The Morgan fingerprint density at radius 3 is 2.37 bits per heavy atom. The number of aromatic nitrogens is 1. The van der Waals surface area contributed by atoms with Crippen LogP contribution in [0.15, 0.2) is 60.8 Å². The lowest BCUT2D eigenvalue weighted by molar-refractivity contribution is -0.132. The fraction of sp³-hybridized carbons (Fsp3) is 0.474. The Labute approximate surface area is 290 Å². The van der Waals surface area contributed by atoms with Crippen LogP contribution in [0.5, 0.6) is 11.5 Å². The normalized spacial score (nSPS) is 13.3. The number of carbonyl (C=O) groups excluding carboxylic acids is 3. The first-order chi connectivity index (χ1) is 23.7. The zero-order valence-electron chi connectivity index (χ0n) is 29.5. The maximum Gasteiger partial charge on any atom is 0.260 e. The molecule has 3 aromatic rings. The molecule has 0 saturated carbocycles. The molecule has 1 fully saturated rings. The fourth-order valence-corrected chi connectivity index (χ4v) is 5.80. The van der Waals surface area contributed by atoms with Crippen molar-refractivity contribution >= 4 is 29.2 Å². The Bertz CT molecular complexity index is 1520. The number of hydrogen-bond donors (Lipinski definition) is 2. The van der Waals surface area contributed by atoms with E-state index in [1.54, 1.807) is 48.5 Å². The van der Waals surface area contributed by atoms with Crippen LogP contribution >= 0.6 is 0 Å². The highest BCUT2D eigenvalue weighted by Gasteiger charge is 2.23. The number of nitrogens with two attached hydrogens (primary N) is 1. The van der Waals surface area contributed by atoms with E-state index in [0.29, 0.717) is 72.8 Å². The van der Waals surface area contributed by atoms with Crippen molar-refractivity contribution in [2.75, 3.05) is 64.2 Å². The molecule has 0 bridgehead atoms. The van der Waals surface area contributed by atoms with E-state index >= 15 is 0 Å². The third-order valence-electron chi connectivity index (χ3n) is 8.85. The van der Waals surface area contributed by atoms with Gasteiger partial charge >= 0.3 is 0 Å². The van der Waals surface area contributed by atoms with E-state index in [2.05, 4.69) is 29.3 Å². The third-order valence-corrected chi connectivity index (χ3v) is 8.85. The fourth-order valence-electron chi connectivity index (χ4n) is 5.80. The van der Waals surface area contributed by atoms with Crippen LogP contribution in [0.4, 0.5) is 11.5 Å². The molecule has 264 valence electrons. The second-order valence-corrected chi connectivity index (χ2v) is 12.8. The number of rotatable bonds is 17. The van der Waals surface area contributed by atoms with Crippen molar-refractivity contribution in [3.05, 3.63) is 77.5 Å². The number of para-hydroxylation sites is 1. The maximum atomic E-state index is 13.3. The molecule has 2 heterocycles. The third kappa shape index (κ3) is 11.3. The van der Waals surface area contributed by atoms with E-state index in [9.17, 15) is 14.4 Å². The summed E-state index contributed by atoms with van der Waals surface area (Å²) in [5, 5.41) is 2.80. The quantitative estimate of drug-likeness (QED) is 0.190. The van der Waals surface area contributed by atoms with Gasteiger partial charge in [0.1, 0.15) is 17.3 Å². The van der Waals surface area contributed by atoms with Crippen molar-refractivity contribution in [2.45, 2.75) is 64.3 Å². The van der Waals surface area contributed by atoms with Crippen molar-refractivity contribution < 1.29 is 23.9 Å². The first kappa shape index (κ1) is 37.3. The molecule has 0 atom stereocenters. The Morgan fingerprint density at radius 2 is 1.65 bits per heavy atom. The monoisotopic (exact) mass is 672 g/mol. The highest BCUT2D eigenvalue weighted by Crippen LogP contribution is 2.30. The number of amides is 3. The largest absolute Gasteiger partial charge is 0.493 e. The van der Waals surface area contributed by atoms with Gasteiger partial charge in [0.15, 0.2) is 0 Å². The van der Waals surface area contributed by atoms with Crippen molar-refractivity contribution in [3.63, 3.8) is 0 Å². The predicted molar refractivity (Wildman–Crippen MR) is 193 cm³/mol. The Balaban J connectivity index is 1.23. The minimum Gasteiger partial charge on any atom is -0.493 e. The number of nitrogens with zero attached hydrogens (tertiary/aromatic N) is 4. The van der Waals surface area contributed by atoms with E-state index in [4.69, 9.17) is 15.2 Å². The summed E-state index contributed by atoms with van der Waals surface area (Å²) < 4.78 is 11.9. The number of carbonyl (C=O) groups is 3. The Hall–Kier alpha value is -4.48. The van der Waals surface area contributed by atoms with E-state index < -0.39 is 0 Å². The molecule has 0 unspecified atom stereocenters. The minimum atomic E-state index is -0.337. The molecule has 1 aliphatic heterocycles. The summed E-state index contributed by atoms with van der Waals surface area (Å²) in [4.78, 5) is 49.1. The lowest BCUT2D eigenvalue weighted by atomic mass is 10.0. The lowest BCUT2D eigenvalue weighted by Crippen LogP contribution is -2.44. The number of benzene rings is 2. The van der Waals surface area contributed by atoms with E-state index in [-0.39, 0.29) is 24.1 Å². The van der Waals surface area contributed by atoms with Crippen LogP contribution in [0, 0.1) is 6.92 Å². The van der Waals surface area contributed by atoms with Crippen molar-refractivity contribution in [1.29, 1.82) is 0 Å². The molecule has 11 heteroatoms. The van der Waals surface area contributed by atoms with Gasteiger partial charge in [-0.3, -0.25) is 14.4 Å². The van der Waals surface area contributed by atoms with Crippen LogP contribution in [0.2, 0.25) is 0 Å². The molecule has 0 aliphatic carbocycles. The van der Waals surface area contributed by atoms with Crippen LogP contribution in [0.25, 0.3) is 0 Å². The molecular weight excluding hydrogens is 620 g/mol. The first-order valence-electron chi connectivity index (χ1n) is 17.3. The van der Waals surface area contributed by atoms with Crippen LogP contribution < -0.4 is 25.4 Å². The summed E-state index contributed by atoms with van der Waals surface area (Å²) in [5.41, 5.74) is 8.39. The molecule has 4 rings (SSSR count). The predicted octanol–water partition coefficient (Wildman–Crippen LogP) is 5.07. The van der Waals surface area contributed by atoms with Gasteiger partial charge < -0.3 is 35.2 Å². The van der Waals surface area contributed by atoms with Gasteiger partial charge in [0.2, 0.25) is 11.8 Å². The number of piperidine rings is 1. The molecule has 0 spiro atoms. The smallest absolute Gasteiger partial charge is 0.260 e. The van der Waals surface area contributed by atoms with Crippen LogP contribution in [0.3, 0.4) is 0 Å². The van der Waals surface area contributed by atoms with Gasteiger partial charge in [-0.2, -0.15) is 0 Å². The standard InChI is InChI=1S/C38H52N6O5/c1-28-14-16-32(34(25-28)49-23-9-5-6-13-36(45)44-21-18-30(19-22-44)42(2)3)43(4)37(46)26-29-15-17-35(40-27-29)41-38(47)31-11-7-8-12-33(31)48-24-10-20-39/h7-8,11-12,14-17,25,27,30H,5-6,9-10,13,18-24,26,39H2,1-4H3,(H,40,41,47). The number of anilines is 2. The van der Waals surface area contributed by atoms with Gasteiger partial charge in [-0.05, 0) is 108 Å². The van der Waals surface area contributed by atoms with Gasteiger partial charge in [-0.15, -0.1) is 0 Å². The molecule has 1 aromatic heterocycles. The highest BCUT2D eigenvalue weighted by atomic mass is 16.5. The van der Waals surface area contributed by atoms with Crippen molar-refractivity contribution in [1.82, 2.24) is 14.8 Å².